The molecule has 124 valence electrons. The van der Waals surface area contributed by atoms with E-state index < -0.39 is 15.6 Å². The lowest BCUT2D eigenvalue weighted by Crippen LogP contribution is -2.21. The topological polar surface area (TPSA) is 57.2 Å². The zero-order chi connectivity index (χ0) is 16.8. The van der Waals surface area contributed by atoms with Gasteiger partial charge < -0.3 is 4.55 Å². The van der Waals surface area contributed by atoms with Crippen molar-refractivity contribution in [1.82, 2.24) is 0 Å². The van der Waals surface area contributed by atoms with Gasteiger partial charge in [-0.2, -0.15) is 13.2 Å². The van der Waals surface area contributed by atoms with E-state index in [1.807, 2.05) is 0 Å². The van der Waals surface area contributed by atoms with Crippen LogP contribution in [0, 0.1) is 0 Å². The van der Waals surface area contributed by atoms with Gasteiger partial charge in [-0.15, -0.1) is 0 Å². The molecule has 22 heavy (non-hydrogen) atoms. The summed E-state index contributed by atoms with van der Waals surface area (Å²) in [5.74, 6) is 2.81. The standard InChI is InChI=1S/C12H14BrS.CHF3O3S/c13-12-5-3-4-11(10-12)6-9-14-7-1-2-8-14;2-1(3,4)8(5,6)7/h3-6,9-10H,1-2,7-8H2;(H,5,6,7)/q+1;/p-1. The Morgan fingerprint density at radius 1 is 1.23 bits per heavy atom. The summed E-state index contributed by atoms with van der Waals surface area (Å²) < 4.78 is 60.1. The molecule has 1 heterocycles. The van der Waals surface area contributed by atoms with Crippen molar-refractivity contribution in [2.24, 2.45) is 0 Å². The van der Waals surface area contributed by atoms with Crippen molar-refractivity contribution < 1.29 is 26.1 Å². The van der Waals surface area contributed by atoms with Crippen LogP contribution in [-0.2, 0) is 21.0 Å². The fourth-order valence-corrected chi connectivity index (χ4v) is 3.99. The molecule has 0 spiro atoms. The third-order valence-electron chi connectivity index (χ3n) is 2.65. The van der Waals surface area contributed by atoms with Crippen molar-refractivity contribution in [3.63, 3.8) is 0 Å². The van der Waals surface area contributed by atoms with Gasteiger partial charge in [0.2, 0.25) is 0 Å². The van der Waals surface area contributed by atoms with Crippen LogP contribution in [-0.4, -0.2) is 30.0 Å². The molecule has 0 saturated carbocycles. The molecule has 0 atom stereocenters. The van der Waals surface area contributed by atoms with Gasteiger partial charge in [0.1, 0.15) is 16.9 Å². The van der Waals surface area contributed by atoms with Gasteiger partial charge in [0, 0.05) is 15.4 Å². The Balaban J connectivity index is 0.000000261. The molecule has 0 aromatic heterocycles. The minimum atomic E-state index is -6.09. The minimum Gasteiger partial charge on any atom is -0.741 e. The van der Waals surface area contributed by atoms with E-state index in [0.29, 0.717) is 10.9 Å². The lowest BCUT2D eigenvalue weighted by atomic mass is 10.2. The first-order valence-electron chi connectivity index (χ1n) is 6.22. The average molecular weight is 419 g/mol. The predicted octanol–water partition coefficient (Wildman–Crippen LogP) is 3.88. The van der Waals surface area contributed by atoms with Crippen LogP contribution in [0.2, 0.25) is 0 Å². The van der Waals surface area contributed by atoms with E-state index in [0.717, 1.165) is 4.47 Å². The van der Waals surface area contributed by atoms with Gasteiger partial charge in [0.15, 0.2) is 10.1 Å². The number of benzene rings is 1. The summed E-state index contributed by atoms with van der Waals surface area (Å²) in [6, 6.07) is 8.47. The highest BCUT2D eigenvalue weighted by molar-refractivity contribution is 9.10. The lowest BCUT2D eigenvalue weighted by Gasteiger charge is -2.08. The maximum atomic E-state index is 10.7. The number of hydrogen-bond donors (Lipinski definition) is 0. The molecule has 1 saturated heterocycles. The molecule has 3 nitrogen and oxygen atoms in total. The van der Waals surface area contributed by atoms with Gasteiger partial charge in [-0.05, 0) is 36.6 Å². The molecule has 2 rings (SSSR count). The molecule has 0 amide bonds. The average Bonchev–Trinajstić information content (AvgIpc) is 2.88. The van der Waals surface area contributed by atoms with Gasteiger partial charge in [0.25, 0.3) is 0 Å². The quantitative estimate of drug-likeness (QED) is 0.415. The van der Waals surface area contributed by atoms with E-state index in [9.17, 15) is 13.2 Å². The van der Waals surface area contributed by atoms with E-state index in [4.69, 9.17) is 13.0 Å². The van der Waals surface area contributed by atoms with Crippen LogP contribution < -0.4 is 0 Å². The summed E-state index contributed by atoms with van der Waals surface area (Å²) in [5, 5.41) is 2.40. The molecule has 9 heteroatoms. The summed E-state index contributed by atoms with van der Waals surface area (Å²) in [5.41, 5.74) is -4.34. The molecule has 1 aromatic rings. The van der Waals surface area contributed by atoms with Gasteiger partial charge in [-0.1, -0.05) is 28.1 Å². The van der Waals surface area contributed by atoms with Crippen molar-refractivity contribution in [1.29, 1.82) is 0 Å². The minimum absolute atomic E-state index is 0.570. The van der Waals surface area contributed by atoms with Gasteiger partial charge in [0.05, 0.1) is 0 Å². The Labute approximate surface area is 138 Å². The fourth-order valence-electron chi connectivity index (χ4n) is 1.60. The number of rotatable bonds is 2. The van der Waals surface area contributed by atoms with Crippen LogP contribution in [0.3, 0.4) is 0 Å². The van der Waals surface area contributed by atoms with Crippen LogP contribution in [0.25, 0.3) is 6.08 Å². The normalized spacial score (nSPS) is 16.6. The maximum absolute atomic E-state index is 10.7. The third-order valence-corrected chi connectivity index (χ3v) is 5.86. The summed E-state index contributed by atoms with van der Waals surface area (Å²) in [6.07, 6.45) is 5.11. The summed E-state index contributed by atoms with van der Waals surface area (Å²) in [6.45, 7) is 0. The smallest absolute Gasteiger partial charge is 0.485 e. The van der Waals surface area contributed by atoms with Gasteiger partial charge in [-0.25, -0.2) is 8.42 Å². The summed E-state index contributed by atoms with van der Waals surface area (Å²) >= 11 is 3.48. The third kappa shape index (κ3) is 7.17. The Bertz CT molecular complexity index is 609. The Morgan fingerprint density at radius 3 is 2.23 bits per heavy atom. The highest BCUT2D eigenvalue weighted by Gasteiger charge is 2.36. The second-order valence-corrected chi connectivity index (χ2v) is 8.86. The molecular weight excluding hydrogens is 405 g/mol. The largest absolute Gasteiger partial charge is 0.741 e. The first kappa shape index (κ1) is 19.5. The van der Waals surface area contributed by atoms with E-state index in [1.165, 1.54) is 29.9 Å². The van der Waals surface area contributed by atoms with Crippen LogP contribution in [0.1, 0.15) is 18.4 Å². The predicted molar refractivity (Wildman–Crippen MR) is 85.3 cm³/mol. The summed E-state index contributed by atoms with van der Waals surface area (Å²) in [7, 11) is -5.52. The fraction of sp³-hybridized carbons (Fsp3) is 0.385. The van der Waals surface area contributed by atoms with E-state index in [2.05, 4.69) is 51.7 Å². The molecule has 1 aliphatic heterocycles. The molecule has 1 aromatic carbocycles. The van der Waals surface area contributed by atoms with Crippen LogP contribution in [0.15, 0.2) is 34.1 Å². The second kappa shape index (κ2) is 8.37. The molecule has 0 radical (unpaired) electrons. The van der Waals surface area contributed by atoms with Crippen molar-refractivity contribution in [3.05, 3.63) is 39.7 Å². The van der Waals surface area contributed by atoms with E-state index in [1.54, 1.807) is 0 Å². The molecule has 0 unspecified atom stereocenters. The first-order chi connectivity index (χ1) is 10.1. The zero-order valence-electron chi connectivity index (χ0n) is 11.3. The van der Waals surface area contributed by atoms with Crippen LogP contribution in [0.4, 0.5) is 13.2 Å². The molecule has 0 aliphatic carbocycles. The van der Waals surface area contributed by atoms with Gasteiger partial charge >= 0.3 is 5.51 Å². The number of halogens is 4. The molecule has 1 aliphatic rings. The molecule has 0 bridgehead atoms. The zero-order valence-corrected chi connectivity index (χ0v) is 14.6. The van der Waals surface area contributed by atoms with Gasteiger partial charge in [-0.3, -0.25) is 0 Å². The highest BCUT2D eigenvalue weighted by Crippen LogP contribution is 2.20. The monoisotopic (exact) mass is 418 g/mol. The lowest BCUT2D eigenvalue weighted by molar-refractivity contribution is -0.0517. The van der Waals surface area contributed by atoms with Crippen LogP contribution in [0.5, 0.6) is 0 Å². The van der Waals surface area contributed by atoms with E-state index in [-0.39, 0.29) is 0 Å². The van der Waals surface area contributed by atoms with E-state index >= 15 is 0 Å². The number of alkyl halides is 3. The second-order valence-electron chi connectivity index (χ2n) is 4.41. The Morgan fingerprint density at radius 2 is 1.77 bits per heavy atom. The first-order valence-corrected chi connectivity index (χ1v) is 10.0. The van der Waals surface area contributed by atoms with Crippen molar-refractivity contribution in [3.8, 4) is 0 Å². The maximum Gasteiger partial charge on any atom is 0.485 e. The van der Waals surface area contributed by atoms with Crippen molar-refractivity contribution in [2.45, 2.75) is 18.3 Å². The number of hydrogen-bond acceptors (Lipinski definition) is 3. The van der Waals surface area contributed by atoms with Crippen LogP contribution >= 0.6 is 15.9 Å². The molecular formula is C13H14BrF3O3S2. The SMILES string of the molecule is Brc1cccc(C=C[S+]2CCCC2)c1.O=S(=O)([O-])C(F)(F)F. The Hall–Kier alpha value is -0.510. The molecule has 1 fully saturated rings. The van der Waals surface area contributed by atoms with Crippen molar-refractivity contribution in [2.75, 3.05) is 11.5 Å². The molecule has 0 N–H and O–H groups in total. The van der Waals surface area contributed by atoms with Crippen molar-refractivity contribution >= 4 is 43.0 Å². The highest BCUT2D eigenvalue weighted by atomic mass is 79.9. The summed E-state index contributed by atoms with van der Waals surface area (Å²) in [4.78, 5) is 0. The Kier molecular flexibility index (Phi) is 7.43.